The molecule has 2 heterocycles. The summed E-state index contributed by atoms with van der Waals surface area (Å²) in [4.78, 5) is 7.09. The molecule has 1 fully saturated rings. The van der Waals surface area contributed by atoms with Crippen molar-refractivity contribution in [2.24, 2.45) is 0 Å². The maximum atomic E-state index is 13.0. The summed E-state index contributed by atoms with van der Waals surface area (Å²) in [5.41, 5.74) is 0.982. The van der Waals surface area contributed by atoms with Gasteiger partial charge < -0.3 is 9.64 Å². The quantitative estimate of drug-likeness (QED) is 0.586. The normalized spacial score (nSPS) is 16.0. The Hall–Kier alpha value is -1.68. The topological polar surface area (TPSA) is 62.7 Å². The number of hydrogen-bond donors (Lipinski definition) is 0. The summed E-state index contributed by atoms with van der Waals surface area (Å²) in [6.07, 6.45) is 0. The van der Waals surface area contributed by atoms with Gasteiger partial charge in [0.2, 0.25) is 10.0 Å². The Kier molecular flexibility index (Phi) is 5.11. The fraction of sp³-hybridized carbons (Fsp3) is 0.278. The average molecular weight is 468 g/mol. The molecule has 27 heavy (non-hydrogen) atoms. The van der Waals surface area contributed by atoms with E-state index < -0.39 is 10.0 Å². The zero-order valence-corrected chi connectivity index (χ0v) is 17.8. The van der Waals surface area contributed by atoms with Gasteiger partial charge in [-0.2, -0.15) is 4.31 Å². The summed E-state index contributed by atoms with van der Waals surface area (Å²) >= 11 is 5.00. The first-order chi connectivity index (χ1) is 13.0. The molecule has 142 valence electrons. The van der Waals surface area contributed by atoms with Crippen LogP contribution in [0.25, 0.3) is 10.2 Å². The van der Waals surface area contributed by atoms with Gasteiger partial charge in [0.15, 0.2) is 5.13 Å². The van der Waals surface area contributed by atoms with E-state index in [2.05, 4.69) is 31.9 Å². The van der Waals surface area contributed by atoms with Crippen LogP contribution in [0.15, 0.2) is 51.8 Å². The van der Waals surface area contributed by atoms with E-state index in [0.29, 0.717) is 36.4 Å². The van der Waals surface area contributed by atoms with Gasteiger partial charge in [-0.05, 0) is 46.3 Å². The number of fused-ring (bicyclic) bond motifs is 1. The molecule has 1 aliphatic heterocycles. The number of para-hydroxylation sites is 1. The molecule has 2 aromatic carbocycles. The monoisotopic (exact) mass is 467 g/mol. The van der Waals surface area contributed by atoms with Crippen molar-refractivity contribution in [3.63, 3.8) is 0 Å². The standard InChI is InChI=1S/C18H18BrN3O3S2/c1-25-16-7-6-13(12-14(16)19)27(23,24)22-10-8-21(9-11-22)18-20-15-4-2-3-5-17(15)26-18/h2-7,12H,8-11H2,1H3. The van der Waals surface area contributed by atoms with Gasteiger partial charge in [0.25, 0.3) is 0 Å². The molecule has 0 aliphatic carbocycles. The van der Waals surface area contributed by atoms with Gasteiger partial charge in [0.1, 0.15) is 5.75 Å². The first-order valence-electron chi connectivity index (χ1n) is 8.43. The number of piperazine rings is 1. The number of rotatable bonds is 4. The Balaban J connectivity index is 1.50. The van der Waals surface area contributed by atoms with E-state index in [0.717, 1.165) is 15.3 Å². The van der Waals surface area contributed by atoms with E-state index in [1.54, 1.807) is 36.6 Å². The number of benzene rings is 2. The van der Waals surface area contributed by atoms with Crippen LogP contribution in [-0.4, -0.2) is 51.0 Å². The van der Waals surface area contributed by atoms with Crippen LogP contribution in [0.2, 0.25) is 0 Å². The lowest BCUT2D eigenvalue weighted by Crippen LogP contribution is -2.48. The van der Waals surface area contributed by atoms with Gasteiger partial charge in [-0.25, -0.2) is 13.4 Å². The molecule has 0 spiro atoms. The Bertz CT molecular complexity index is 1040. The minimum Gasteiger partial charge on any atom is -0.496 e. The van der Waals surface area contributed by atoms with Gasteiger partial charge in [-0.3, -0.25) is 0 Å². The Labute approximate surface area is 170 Å². The highest BCUT2D eigenvalue weighted by atomic mass is 79.9. The summed E-state index contributed by atoms with van der Waals surface area (Å²) in [5.74, 6) is 0.606. The number of anilines is 1. The SMILES string of the molecule is COc1ccc(S(=O)(=O)N2CCN(c3nc4ccccc4s3)CC2)cc1Br. The second-order valence-corrected chi connectivity index (χ2v) is 9.95. The molecule has 0 N–H and O–H groups in total. The van der Waals surface area contributed by atoms with Crippen molar-refractivity contribution in [2.75, 3.05) is 38.2 Å². The lowest BCUT2D eigenvalue weighted by molar-refractivity contribution is 0.384. The zero-order valence-electron chi connectivity index (χ0n) is 14.6. The van der Waals surface area contributed by atoms with E-state index in [4.69, 9.17) is 4.74 Å². The summed E-state index contributed by atoms with van der Waals surface area (Å²) in [7, 11) is -1.98. The van der Waals surface area contributed by atoms with E-state index >= 15 is 0 Å². The molecular formula is C18H18BrN3O3S2. The maximum absolute atomic E-state index is 13.0. The molecule has 1 aliphatic rings. The summed E-state index contributed by atoms with van der Waals surface area (Å²) in [6.45, 7) is 2.11. The summed E-state index contributed by atoms with van der Waals surface area (Å²) in [5, 5.41) is 0.945. The molecule has 0 bridgehead atoms. The van der Waals surface area contributed by atoms with Gasteiger partial charge in [-0.1, -0.05) is 23.5 Å². The van der Waals surface area contributed by atoms with E-state index in [-0.39, 0.29) is 4.90 Å². The number of halogens is 1. The lowest BCUT2D eigenvalue weighted by Gasteiger charge is -2.33. The molecule has 0 radical (unpaired) electrons. The van der Waals surface area contributed by atoms with Crippen molar-refractivity contribution in [2.45, 2.75) is 4.90 Å². The first-order valence-corrected chi connectivity index (χ1v) is 11.5. The smallest absolute Gasteiger partial charge is 0.243 e. The van der Waals surface area contributed by atoms with Crippen LogP contribution in [-0.2, 0) is 10.0 Å². The number of aromatic nitrogens is 1. The molecule has 1 aromatic heterocycles. The Morgan fingerprint density at radius 1 is 1.11 bits per heavy atom. The molecule has 4 rings (SSSR count). The van der Waals surface area contributed by atoms with Crippen molar-refractivity contribution in [3.05, 3.63) is 46.9 Å². The lowest BCUT2D eigenvalue weighted by atomic mass is 10.3. The number of sulfonamides is 1. The molecule has 0 saturated carbocycles. The van der Waals surface area contributed by atoms with Gasteiger partial charge >= 0.3 is 0 Å². The molecule has 0 atom stereocenters. The third-order valence-electron chi connectivity index (χ3n) is 4.55. The van der Waals surface area contributed by atoms with Crippen LogP contribution in [0.5, 0.6) is 5.75 Å². The van der Waals surface area contributed by atoms with Crippen LogP contribution >= 0.6 is 27.3 Å². The zero-order chi connectivity index (χ0) is 19.0. The van der Waals surface area contributed by atoms with Gasteiger partial charge in [-0.15, -0.1) is 0 Å². The van der Waals surface area contributed by atoms with Crippen molar-refractivity contribution < 1.29 is 13.2 Å². The molecule has 1 saturated heterocycles. The fourth-order valence-electron chi connectivity index (χ4n) is 3.07. The first kappa shape index (κ1) is 18.7. The maximum Gasteiger partial charge on any atom is 0.243 e. The van der Waals surface area contributed by atoms with E-state index in [9.17, 15) is 8.42 Å². The van der Waals surface area contributed by atoms with Crippen molar-refractivity contribution in [1.29, 1.82) is 0 Å². The minimum atomic E-state index is -3.54. The highest BCUT2D eigenvalue weighted by Gasteiger charge is 2.30. The van der Waals surface area contributed by atoms with Crippen molar-refractivity contribution in [3.8, 4) is 5.75 Å². The molecule has 3 aromatic rings. The molecule has 0 amide bonds. The number of thiazole rings is 1. The van der Waals surface area contributed by atoms with Gasteiger partial charge in [0.05, 0.1) is 26.7 Å². The molecular weight excluding hydrogens is 450 g/mol. The van der Waals surface area contributed by atoms with E-state index in [1.165, 1.54) is 4.31 Å². The highest BCUT2D eigenvalue weighted by Crippen LogP contribution is 2.31. The number of methoxy groups -OCH3 is 1. The molecule has 6 nitrogen and oxygen atoms in total. The van der Waals surface area contributed by atoms with Crippen LogP contribution in [0.4, 0.5) is 5.13 Å². The molecule has 9 heteroatoms. The second-order valence-electron chi connectivity index (χ2n) is 6.15. The number of hydrogen-bond acceptors (Lipinski definition) is 6. The number of ether oxygens (including phenoxy) is 1. The Morgan fingerprint density at radius 3 is 2.52 bits per heavy atom. The third kappa shape index (κ3) is 3.56. The highest BCUT2D eigenvalue weighted by molar-refractivity contribution is 9.10. The van der Waals surface area contributed by atoms with Crippen molar-refractivity contribution in [1.82, 2.24) is 9.29 Å². The summed E-state index contributed by atoms with van der Waals surface area (Å²) < 4.78 is 34.4. The van der Waals surface area contributed by atoms with Crippen LogP contribution in [0, 0.1) is 0 Å². The van der Waals surface area contributed by atoms with Gasteiger partial charge in [0, 0.05) is 26.2 Å². The predicted molar refractivity (Wildman–Crippen MR) is 111 cm³/mol. The van der Waals surface area contributed by atoms with Crippen LogP contribution < -0.4 is 9.64 Å². The van der Waals surface area contributed by atoms with E-state index in [1.807, 2.05) is 18.2 Å². The van der Waals surface area contributed by atoms with Crippen LogP contribution in [0.1, 0.15) is 0 Å². The Morgan fingerprint density at radius 2 is 1.85 bits per heavy atom. The summed E-state index contributed by atoms with van der Waals surface area (Å²) in [6, 6.07) is 12.9. The third-order valence-corrected chi connectivity index (χ3v) is 8.16. The predicted octanol–water partition coefficient (Wildman–Crippen LogP) is 3.58. The van der Waals surface area contributed by atoms with Crippen LogP contribution in [0.3, 0.4) is 0 Å². The number of nitrogens with zero attached hydrogens (tertiary/aromatic N) is 3. The molecule has 0 unspecified atom stereocenters. The fourth-order valence-corrected chi connectivity index (χ4v) is 6.23. The average Bonchev–Trinajstić information content (AvgIpc) is 3.12. The van der Waals surface area contributed by atoms with Crippen molar-refractivity contribution >= 4 is 52.6 Å². The second kappa shape index (κ2) is 7.38. The minimum absolute atomic E-state index is 0.267. The largest absolute Gasteiger partial charge is 0.496 e.